The molecule has 1 aliphatic carbocycles. The van der Waals surface area contributed by atoms with Crippen molar-refractivity contribution in [2.45, 2.75) is 18.8 Å². The van der Waals surface area contributed by atoms with Gasteiger partial charge in [-0.25, -0.2) is 9.97 Å². The number of pyridine rings is 2. The van der Waals surface area contributed by atoms with E-state index in [4.69, 9.17) is 15.5 Å². The molecule has 25 heavy (non-hydrogen) atoms. The van der Waals surface area contributed by atoms with Crippen LogP contribution in [0.5, 0.6) is 5.75 Å². The average molecular weight is 333 g/mol. The molecule has 0 saturated heterocycles. The van der Waals surface area contributed by atoms with Crippen molar-refractivity contribution in [3.05, 3.63) is 54.8 Å². The summed E-state index contributed by atoms with van der Waals surface area (Å²) in [6.07, 6.45) is 11.9. The van der Waals surface area contributed by atoms with Crippen molar-refractivity contribution in [1.82, 2.24) is 19.9 Å². The molecule has 0 saturated carbocycles. The van der Waals surface area contributed by atoms with Gasteiger partial charge in [-0.05, 0) is 31.0 Å². The topological polar surface area (TPSA) is 89.7 Å². The number of methoxy groups -OCH3 is 1. The number of H-pyrrole nitrogens is 1. The maximum Gasteiger partial charge on any atom is 0.166 e. The molecule has 0 aromatic carbocycles. The molecular weight excluding hydrogens is 314 g/mol. The molecule has 1 atom stereocenters. The zero-order valence-corrected chi connectivity index (χ0v) is 13.9. The van der Waals surface area contributed by atoms with Crippen molar-refractivity contribution in [2.75, 3.05) is 12.8 Å². The Bertz CT molecular complexity index is 917. The van der Waals surface area contributed by atoms with Gasteiger partial charge in [-0.1, -0.05) is 12.2 Å². The van der Waals surface area contributed by atoms with Gasteiger partial charge in [0, 0.05) is 35.6 Å². The van der Waals surface area contributed by atoms with Gasteiger partial charge in [-0.15, -0.1) is 0 Å². The molecule has 3 aromatic heterocycles. The standard InChI is InChI=1S/C19H19N5O/c1-25-15-10-14(11-22-18(15)20)17-16(12-6-8-21-9-7-12)23-19(24-17)13-4-2-3-5-13/h2,4,6-11,13H,3,5H2,1H3,(H2,20,22)(H,23,24). The smallest absolute Gasteiger partial charge is 0.166 e. The summed E-state index contributed by atoms with van der Waals surface area (Å²) in [5.74, 6) is 2.19. The summed E-state index contributed by atoms with van der Waals surface area (Å²) in [5, 5.41) is 0. The number of aromatic nitrogens is 4. The fourth-order valence-corrected chi connectivity index (χ4v) is 3.11. The van der Waals surface area contributed by atoms with Crippen LogP contribution in [0.25, 0.3) is 22.5 Å². The quantitative estimate of drug-likeness (QED) is 0.713. The molecule has 0 amide bonds. The molecular formula is C19H19N5O. The number of imidazole rings is 1. The number of nitrogens with two attached hydrogens (primary N) is 1. The number of aromatic amines is 1. The maximum atomic E-state index is 5.85. The first kappa shape index (κ1) is 15.4. The van der Waals surface area contributed by atoms with Gasteiger partial charge in [0.15, 0.2) is 11.6 Å². The lowest BCUT2D eigenvalue weighted by Gasteiger charge is -2.07. The molecule has 0 fully saturated rings. The Balaban J connectivity index is 1.86. The third kappa shape index (κ3) is 2.87. The van der Waals surface area contributed by atoms with Gasteiger partial charge in [0.25, 0.3) is 0 Å². The van der Waals surface area contributed by atoms with Crippen molar-refractivity contribution < 1.29 is 4.74 Å². The minimum Gasteiger partial charge on any atom is -0.493 e. The SMILES string of the molecule is COc1cc(-c2nc(C3C=CCC3)[nH]c2-c2ccncc2)cnc1N. The first-order chi connectivity index (χ1) is 12.3. The van der Waals surface area contributed by atoms with Crippen molar-refractivity contribution in [3.63, 3.8) is 0 Å². The highest BCUT2D eigenvalue weighted by molar-refractivity contribution is 5.79. The Kier molecular flexibility index (Phi) is 3.93. The largest absolute Gasteiger partial charge is 0.493 e. The number of allylic oxidation sites excluding steroid dienone is 2. The molecule has 6 heteroatoms. The first-order valence-corrected chi connectivity index (χ1v) is 8.23. The van der Waals surface area contributed by atoms with E-state index in [-0.39, 0.29) is 0 Å². The fourth-order valence-electron chi connectivity index (χ4n) is 3.11. The number of hydrogen-bond acceptors (Lipinski definition) is 5. The number of ether oxygens (including phenoxy) is 1. The lowest BCUT2D eigenvalue weighted by molar-refractivity contribution is 0.415. The zero-order chi connectivity index (χ0) is 17.2. The summed E-state index contributed by atoms with van der Waals surface area (Å²) in [6.45, 7) is 0. The van der Waals surface area contributed by atoms with Crippen LogP contribution >= 0.6 is 0 Å². The molecule has 0 aliphatic heterocycles. The van der Waals surface area contributed by atoms with Crippen LogP contribution in [0.3, 0.4) is 0 Å². The van der Waals surface area contributed by atoms with Crippen LogP contribution in [0.2, 0.25) is 0 Å². The van der Waals surface area contributed by atoms with E-state index in [9.17, 15) is 0 Å². The second kappa shape index (κ2) is 6.39. The van der Waals surface area contributed by atoms with Gasteiger partial charge in [0.1, 0.15) is 5.82 Å². The molecule has 126 valence electrons. The number of hydrogen-bond donors (Lipinski definition) is 2. The van der Waals surface area contributed by atoms with E-state index in [1.54, 1.807) is 25.7 Å². The van der Waals surface area contributed by atoms with Gasteiger partial charge < -0.3 is 15.5 Å². The summed E-state index contributed by atoms with van der Waals surface area (Å²) in [7, 11) is 1.58. The van der Waals surface area contributed by atoms with Crippen LogP contribution in [0.1, 0.15) is 24.6 Å². The van der Waals surface area contributed by atoms with E-state index in [0.717, 1.165) is 41.2 Å². The predicted octanol–water partition coefficient (Wildman–Crippen LogP) is 3.56. The first-order valence-electron chi connectivity index (χ1n) is 8.23. The van der Waals surface area contributed by atoms with Crippen LogP contribution in [-0.4, -0.2) is 27.0 Å². The van der Waals surface area contributed by atoms with E-state index in [1.165, 1.54) is 0 Å². The number of anilines is 1. The highest BCUT2D eigenvalue weighted by atomic mass is 16.5. The van der Waals surface area contributed by atoms with Gasteiger partial charge in [0.2, 0.25) is 0 Å². The van der Waals surface area contributed by atoms with Crippen LogP contribution < -0.4 is 10.5 Å². The van der Waals surface area contributed by atoms with E-state index < -0.39 is 0 Å². The number of nitrogens with one attached hydrogen (secondary N) is 1. The number of nitrogens with zero attached hydrogens (tertiary/aromatic N) is 3. The molecule has 1 unspecified atom stereocenters. The van der Waals surface area contributed by atoms with Gasteiger partial charge in [0.05, 0.1) is 18.5 Å². The summed E-state index contributed by atoms with van der Waals surface area (Å²) in [4.78, 5) is 16.7. The summed E-state index contributed by atoms with van der Waals surface area (Å²) < 4.78 is 5.31. The third-order valence-electron chi connectivity index (χ3n) is 4.43. The van der Waals surface area contributed by atoms with E-state index in [1.807, 2.05) is 18.2 Å². The molecule has 1 aliphatic rings. The predicted molar refractivity (Wildman–Crippen MR) is 97.1 cm³/mol. The monoisotopic (exact) mass is 333 g/mol. The number of nitrogen functional groups attached to an aromatic ring is 1. The molecule has 6 nitrogen and oxygen atoms in total. The van der Waals surface area contributed by atoms with E-state index in [0.29, 0.717) is 17.5 Å². The molecule has 3 aromatic rings. The Morgan fingerprint density at radius 2 is 2.08 bits per heavy atom. The summed E-state index contributed by atoms with van der Waals surface area (Å²) in [5.41, 5.74) is 9.53. The molecule has 0 bridgehead atoms. The maximum absolute atomic E-state index is 5.85. The second-order valence-electron chi connectivity index (χ2n) is 6.01. The fraction of sp³-hybridized carbons (Fsp3) is 0.211. The molecule has 0 radical (unpaired) electrons. The normalized spacial score (nSPS) is 16.3. The minimum absolute atomic E-state index is 0.318. The average Bonchev–Trinajstić information content (AvgIpc) is 3.32. The Labute approximate surface area is 145 Å². The highest BCUT2D eigenvalue weighted by Gasteiger charge is 2.21. The van der Waals surface area contributed by atoms with Crippen molar-refractivity contribution in [3.8, 4) is 28.3 Å². The summed E-state index contributed by atoms with van der Waals surface area (Å²) in [6, 6.07) is 5.80. The van der Waals surface area contributed by atoms with E-state index >= 15 is 0 Å². The van der Waals surface area contributed by atoms with Crippen molar-refractivity contribution in [1.29, 1.82) is 0 Å². The Morgan fingerprint density at radius 1 is 1.24 bits per heavy atom. The van der Waals surface area contributed by atoms with Crippen LogP contribution in [0.15, 0.2) is 48.9 Å². The highest BCUT2D eigenvalue weighted by Crippen LogP contribution is 2.36. The van der Waals surface area contributed by atoms with Gasteiger partial charge in [-0.3, -0.25) is 4.98 Å². The second-order valence-corrected chi connectivity index (χ2v) is 6.01. The van der Waals surface area contributed by atoms with Crippen molar-refractivity contribution in [2.24, 2.45) is 0 Å². The summed E-state index contributed by atoms with van der Waals surface area (Å²) >= 11 is 0. The van der Waals surface area contributed by atoms with Crippen LogP contribution in [0.4, 0.5) is 5.82 Å². The zero-order valence-electron chi connectivity index (χ0n) is 13.9. The van der Waals surface area contributed by atoms with Crippen LogP contribution in [0, 0.1) is 0 Å². The Hall–Kier alpha value is -3.15. The molecule has 0 spiro atoms. The van der Waals surface area contributed by atoms with Crippen LogP contribution in [-0.2, 0) is 0 Å². The van der Waals surface area contributed by atoms with E-state index in [2.05, 4.69) is 27.1 Å². The van der Waals surface area contributed by atoms with Gasteiger partial charge >= 0.3 is 0 Å². The molecule has 3 N–H and O–H groups in total. The third-order valence-corrected chi connectivity index (χ3v) is 4.43. The lowest BCUT2D eigenvalue weighted by Crippen LogP contribution is -1.96. The van der Waals surface area contributed by atoms with Gasteiger partial charge in [-0.2, -0.15) is 0 Å². The number of rotatable bonds is 4. The molecule has 4 rings (SSSR count). The minimum atomic E-state index is 0.318. The molecule has 3 heterocycles. The van der Waals surface area contributed by atoms with Crippen molar-refractivity contribution >= 4 is 5.82 Å². The Morgan fingerprint density at radius 3 is 2.80 bits per heavy atom. The lowest BCUT2D eigenvalue weighted by atomic mass is 10.1.